The number of amides is 1. The molecule has 0 fully saturated rings. The number of hydrogen-bond acceptors (Lipinski definition) is 6. The Labute approximate surface area is 129 Å². The fraction of sp³-hybridized carbons (Fsp3) is 0.467. The second-order valence-electron chi connectivity index (χ2n) is 4.43. The average molecular weight is 311 g/mol. The van der Waals surface area contributed by atoms with E-state index in [4.69, 9.17) is 14.6 Å². The van der Waals surface area contributed by atoms with Crippen LogP contribution < -0.4 is 5.32 Å². The van der Waals surface area contributed by atoms with Gasteiger partial charge in [0, 0.05) is 13.2 Å². The largest absolute Gasteiger partial charge is 0.467 e. The van der Waals surface area contributed by atoms with Gasteiger partial charge in [-0.3, -0.25) is 0 Å². The van der Waals surface area contributed by atoms with Gasteiger partial charge in [-0.25, -0.2) is 9.59 Å². The van der Waals surface area contributed by atoms with Crippen LogP contribution in [-0.4, -0.2) is 50.1 Å². The Kier molecular flexibility index (Phi) is 8.63. The third-order valence-corrected chi connectivity index (χ3v) is 2.72. The van der Waals surface area contributed by atoms with Crippen LogP contribution in [0.2, 0.25) is 0 Å². The minimum atomic E-state index is -0.952. The fourth-order valence-electron chi connectivity index (χ4n) is 1.59. The summed E-state index contributed by atoms with van der Waals surface area (Å²) >= 11 is 0. The molecular formula is C15H21NO6. The summed E-state index contributed by atoms with van der Waals surface area (Å²) in [6.07, 6.45) is -0.281. The van der Waals surface area contributed by atoms with E-state index in [0.717, 1.165) is 5.56 Å². The SMILES string of the molecule is COC(=O)C(COCCCO)NC(=O)OCc1ccccc1. The zero-order chi connectivity index (χ0) is 16.2. The molecule has 2 N–H and O–H groups in total. The maximum atomic E-state index is 11.7. The van der Waals surface area contributed by atoms with E-state index in [2.05, 4.69) is 10.1 Å². The molecule has 0 bridgehead atoms. The summed E-state index contributed by atoms with van der Waals surface area (Å²) in [6.45, 7) is 0.333. The zero-order valence-corrected chi connectivity index (χ0v) is 12.5. The molecule has 0 spiro atoms. The van der Waals surface area contributed by atoms with Crippen LogP contribution in [-0.2, 0) is 25.6 Å². The number of rotatable bonds is 9. The number of methoxy groups -OCH3 is 1. The van der Waals surface area contributed by atoms with Gasteiger partial charge in [0.25, 0.3) is 0 Å². The first-order valence-corrected chi connectivity index (χ1v) is 6.91. The van der Waals surface area contributed by atoms with E-state index in [1.54, 1.807) is 0 Å². The monoisotopic (exact) mass is 311 g/mol. The zero-order valence-electron chi connectivity index (χ0n) is 12.5. The second kappa shape index (κ2) is 10.6. The quantitative estimate of drug-likeness (QED) is 0.519. The molecule has 0 saturated carbocycles. The van der Waals surface area contributed by atoms with Gasteiger partial charge in [0.1, 0.15) is 6.61 Å². The Hall–Kier alpha value is -2.12. The van der Waals surface area contributed by atoms with Crippen molar-refractivity contribution in [3.8, 4) is 0 Å². The van der Waals surface area contributed by atoms with Gasteiger partial charge in [-0.1, -0.05) is 30.3 Å². The summed E-state index contributed by atoms with van der Waals surface area (Å²) in [7, 11) is 1.22. The normalized spacial score (nSPS) is 11.5. The number of ether oxygens (including phenoxy) is 3. The lowest BCUT2D eigenvalue weighted by Gasteiger charge is -2.16. The highest BCUT2D eigenvalue weighted by Gasteiger charge is 2.22. The summed E-state index contributed by atoms with van der Waals surface area (Å²) in [4.78, 5) is 23.3. The average Bonchev–Trinajstić information content (AvgIpc) is 2.56. The molecule has 1 unspecified atom stereocenters. The molecule has 1 rings (SSSR count). The topological polar surface area (TPSA) is 94.1 Å². The first-order chi connectivity index (χ1) is 10.7. The summed E-state index contributed by atoms with van der Waals surface area (Å²) in [5.41, 5.74) is 0.839. The van der Waals surface area contributed by atoms with Crippen molar-refractivity contribution in [3.63, 3.8) is 0 Å². The predicted octanol–water partition coefficient (Wildman–Crippen LogP) is 0.853. The number of nitrogens with one attached hydrogen (secondary N) is 1. The van der Waals surface area contributed by atoms with E-state index in [1.807, 2.05) is 30.3 Å². The number of benzene rings is 1. The molecule has 22 heavy (non-hydrogen) atoms. The molecule has 122 valence electrons. The van der Waals surface area contributed by atoms with Crippen LogP contribution >= 0.6 is 0 Å². The Morgan fingerprint density at radius 1 is 1.27 bits per heavy atom. The molecule has 0 aliphatic rings. The van der Waals surface area contributed by atoms with Gasteiger partial charge < -0.3 is 24.6 Å². The maximum Gasteiger partial charge on any atom is 0.408 e. The van der Waals surface area contributed by atoms with Crippen LogP contribution in [0.4, 0.5) is 4.79 Å². The first kappa shape index (κ1) is 17.9. The van der Waals surface area contributed by atoms with Gasteiger partial charge in [-0.15, -0.1) is 0 Å². The lowest BCUT2D eigenvalue weighted by Crippen LogP contribution is -2.45. The van der Waals surface area contributed by atoms with Crippen molar-refractivity contribution >= 4 is 12.1 Å². The van der Waals surface area contributed by atoms with Crippen LogP contribution in [0.3, 0.4) is 0 Å². The highest BCUT2D eigenvalue weighted by molar-refractivity contribution is 5.81. The van der Waals surface area contributed by atoms with Gasteiger partial charge in [-0.2, -0.15) is 0 Å². The van der Waals surface area contributed by atoms with Crippen molar-refractivity contribution < 1.29 is 28.9 Å². The molecule has 0 saturated heterocycles. The van der Waals surface area contributed by atoms with E-state index in [1.165, 1.54) is 7.11 Å². The Morgan fingerprint density at radius 2 is 2.00 bits per heavy atom. The van der Waals surface area contributed by atoms with Crippen LogP contribution in [0, 0.1) is 0 Å². The summed E-state index contributed by atoms with van der Waals surface area (Å²) in [5, 5.41) is 11.0. The first-order valence-electron chi connectivity index (χ1n) is 6.91. The minimum absolute atomic E-state index is 0.00453. The van der Waals surface area contributed by atoms with Crippen molar-refractivity contribution in [3.05, 3.63) is 35.9 Å². The number of carbonyl (C=O) groups is 2. The lowest BCUT2D eigenvalue weighted by atomic mass is 10.2. The predicted molar refractivity (Wildman–Crippen MR) is 78.1 cm³/mol. The molecule has 0 aliphatic heterocycles. The fourth-order valence-corrected chi connectivity index (χ4v) is 1.59. The van der Waals surface area contributed by atoms with Gasteiger partial charge in [0.15, 0.2) is 6.04 Å². The van der Waals surface area contributed by atoms with Crippen molar-refractivity contribution in [2.45, 2.75) is 19.1 Å². The molecule has 1 atom stereocenters. The molecule has 1 aromatic rings. The van der Waals surface area contributed by atoms with Gasteiger partial charge in [0.05, 0.1) is 13.7 Å². The molecule has 1 amide bonds. The molecule has 1 aromatic carbocycles. The Bertz CT molecular complexity index is 451. The Morgan fingerprint density at radius 3 is 2.64 bits per heavy atom. The number of hydrogen-bond donors (Lipinski definition) is 2. The van der Waals surface area contributed by atoms with Gasteiger partial charge >= 0.3 is 12.1 Å². The third kappa shape index (κ3) is 7.05. The van der Waals surface area contributed by atoms with Crippen LogP contribution in [0.1, 0.15) is 12.0 Å². The van der Waals surface area contributed by atoms with E-state index >= 15 is 0 Å². The second-order valence-corrected chi connectivity index (χ2v) is 4.43. The summed E-state index contributed by atoms with van der Waals surface area (Å²) < 4.78 is 14.8. The van der Waals surface area contributed by atoms with Gasteiger partial charge in [-0.05, 0) is 12.0 Å². The molecule has 0 aliphatic carbocycles. The number of esters is 1. The molecule has 0 radical (unpaired) electrons. The molecule has 7 heteroatoms. The molecular weight excluding hydrogens is 290 g/mol. The van der Waals surface area contributed by atoms with Crippen molar-refractivity contribution in [1.82, 2.24) is 5.32 Å². The molecule has 7 nitrogen and oxygen atoms in total. The van der Waals surface area contributed by atoms with E-state index in [-0.39, 0.29) is 26.4 Å². The van der Waals surface area contributed by atoms with Gasteiger partial charge in [0.2, 0.25) is 0 Å². The standard InChI is InChI=1S/C15H21NO6/c1-20-14(18)13(11-21-9-5-8-17)16-15(19)22-10-12-6-3-2-4-7-12/h2-4,6-7,13,17H,5,8-11H2,1H3,(H,16,19). The van der Waals surface area contributed by atoms with Crippen LogP contribution in [0.15, 0.2) is 30.3 Å². The van der Waals surface area contributed by atoms with E-state index in [0.29, 0.717) is 6.42 Å². The lowest BCUT2D eigenvalue weighted by molar-refractivity contribution is -0.144. The third-order valence-electron chi connectivity index (χ3n) is 2.72. The smallest absolute Gasteiger partial charge is 0.408 e. The highest BCUT2D eigenvalue weighted by atomic mass is 16.6. The minimum Gasteiger partial charge on any atom is -0.467 e. The molecule has 0 heterocycles. The number of carbonyl (C=O) groups excluding carboxylic acids is 2. The van der Waals surface area contributed by atoms with Crippen molar-refractivity contribution in [2.24, 2.45) is 0 Å². The summed E-state index contributed by atoms with van der Waals surface area (Å²) in [6, 6.07) is 8.23. The van der Waals surface area contributed by atoms with Crippen molar-refractivity contribution in [1.29, 1.82) is 0 Å². The number of aliphatic hydroxyl groups is 1. The van der Waals surface area contributed by atoms with Crippen LogP contribution in [0.25, 0.3) is 0 Å². The van der Waals surface area contributed by atoms with Crippen LogP contribution in [0.5, 0.6) is 0 Å². The van der Waals surface area contributed by atoms with E-state index < -0.39 is 18.1 Å². The number of aliphatic hydroxyl groups excluding tert-OH is 1. The summed E-state index contributed by atoms with van der Waals surface area (Å²) in [5.74, 6) is -0.624. The van der Waals surface area contributed by atoms with Crippen molar-refractivity contribution in [2.75, 3.05) is 26.9 Å². The maximum absolute atomic E-state index is 11.7. The Balaban J connectivity index is 2.39. The van der Waals surface area contributed by atoms with E-state index in [9.17, 15) is 9.59 Å². The molecule has 0 aromatic heterocycles. The number of alkyl carbamates (subject to hydrolysis) is 1. The highest BCUT2D eigenvalue weighted by Crippen LogP contribution is 2.01.